The van der Waals surface area contributed by atoms with Crippen LogP contribution in [0.15, 0.2) is 18.2 Å². The van der Waals surface area contributed by atoms with E-state index in [1.807, 2.05) is 18.2 Å². The van der Waals surface area contributed by atoms with Gasteiger partial charge in [-0.15, -0.1) is 0 Å². The summed E-state index contributed by atoms with van der Waals surface area (Å²) < 4.78 is 10.2. The molecule has 70 valence electrons. The zero-order chi connectivity index (χ0) is 8.97. The van der Waals surface area contributed by atoms with E-state index in [-0.39, 0.29) is 23.1 Å². The second kappa shape index (κ2) is 6.51. The van der Waals surface area contributed by atoms with Crippen LogP contribution in [0.5, 0.6) is 11.5 Å². The van der Waals surface area contributed by atoms with Crippen LogP contribution in [0.2, 0.25) is 0 Å². The van der Waals surface area contributed by atoms with Gasteiger partial charge in [0.15, 0.2) is 0 Å². The topological polar surface area (TPSA) is 18.5 Å². The Morgan fingerprint density at radius 2 is 1.54 bits per heavy atom. The standard InChI is InChI=1S/C9H11BrO2.Mg.2H/c1-11-8-3-7(6-10)4-9(5-8)12-2;;;/h3-5H,6H2,1-2H3;;;. The fourth-order valence-corrected chi connectivity index (χ4v) is 1.27. The maximum Gasteiger partial charge on any atom is 0.316 e. The van der Waals surface area contributed by atoms with Crippen molar-refractivity contribution in [2.75, 3.05) is 14.2 Å². The van der Waals surface area contributed by atoms with E-state index >= 15 is 0 Å². The van der Waals surface area contributed by atoms with Gasteiger partial charge in [-0.05, 0) is 17.7 Å². The number of rotatable bonds is 3. The number of benzene rings is 1. The predicted molar refractivity (Wildman–Crippen MR) is 60.7 cm³/mol. The van der Waals surface area contributed by atoms with Crippen LogP contribution in [0.1, 0.15) is 5.56 Å². The van der Waals surface area contributed by atoms with Gasteiger partial charge in [0.2, 0.25) is 0 Å². The molecule has 0 aliphatic rings. The molecule has 0 saturated carbocycles. The molecule has 0 atom stereocenters. The van der Waals surface area contributed by atoms with E-state index in [1.165, 1.54) is 0 Å². The van der Waals surface area contributed by atoms with Gasteiger partial charge in [0.05, 0.1) is 14.2 Å². The van der Waals surface area contributed by atoms with E-state index in [0.717, 1.165) is 22.4 Å². The quantitative estimate of drug-likeness (QED) is 0.606. The molecule has 0 N–H and O–H groups in total. The summed E-state index contributed by atoms with van der Waals surface area (Å²) in [5, 5.41) is 0.806. The van der Waals surface area contributed by atoms with Crippen molar-refractivity contribution < 1.29 is 9.47 Å². The van der Waals surface area contributed by atoms with E-state index in [9.17, 15) is 0 Å². The lowest BCUT2D eigenvalue weighted by molar-refractivity contribution is 0.393. The van der Waals surface area contributed by atoms with E-state index in [4.69, 9.17) is 9.47 Å². The Balaban J connectivity index is 0.00000144. The summed E-state index contributed by atoms with van der Waals surface area (Å²) in [7, 11) is 3.29. The fourth-order valence-electron chi connectivity index (χ4n) is 0.944. The lowest BCUT2D eigenvalue weighted by atomic mass is 10.2. The van der Waals surface area contributed by atoms with Crippen molar-refractivity contribution in [1.29, 1.82) is 0 Å². The molecule has 13 heavy (non-hydrogen) atoms. The zero-order valence-electron chi connectivity index (χ0n) is 7.13. The van der Waals surface area contributed by atoms with Gasteiger partial charge in [0.1, 0.15) is 11.5 Å². The number of hydrogen-bond donors (Lipinski definition) is 0. The number of halogens is 1. The normalized spacial score (nSPS) is 8.85. The first-order valence-electron chi connectivity index (χ1n) is 3.58. The number of alkyl halides is 1. The maximum absolute atomic E-state index is 5.10. The summed E-state index contributed by atoms with van der Waals surface area (Å²) in [6.45, 7) is 0. The Morgan fingerprint density at radius 1 is 1.08 bits per heavy atom. The third-order valence-electron chi connectivity index (χ3n) is 1.57. The SMILES string of the molecule is COc1cc(CBr)cc(OC)c1.[MgH2]. The van der Waals surface area contributed by atoms with Crippen LogP contribution in [-0.2, 0) is 5.33 Å². The van der Waals surface area contributed by atoms with Gasteiger partial charge in [-0.25, -0.2) is 0 Å². The minimum absolute atomic E-state index is 0. The molecule has 1 aromatic carbocycles. The van der Waals surface area contributed by atoms with Crippen molar-refractivity contribution in [2.24, 2.45) is 0 Å². The van der Waals surface area contributed by atoms with Crippen molar-refractivity contribution in [3.05, 3.63) is 23.8 Å². The molecule has 0 saturated heterocycles. The summed E-state index contributed by atoms with van der Waals surface area (Å²) in [6, 6.07) is 5.79. The van der Waals surface area contributed by atoms with E-state index < -0.39 is 0 Å². The average molecular weight is 257 g/mol. The molecule has 0 aromatic heterocycles. The minimum atomic E-state index is 0. The molecule has 0 heterocycles. The molecule has 0 fully saturated rings. The van der Waals surface area contributed by atoms with Crippen LogP contribution in [0, 0.1) is 0 Å². The average Bonchev–Trinajstić information content (AvgIpc) is 2.16. The Bertz CT molecular complexity index is 211. The lowest BCUT2D eigenvalue weighted by Gasteiger charge is -2.05. The lowest BCUT2D eigenvalue weighted by Crippen LogP contribution is -1.89. The van der Waals surface area contributed by atoms with Gasteiger partial charge < -0.3 is 9.47 Å². The number of ether oxygens (including phenoxy) is 2. The minimum Gasteiger partial charge on any atom is -0.497 e. The van der Waals surface area contributed by atoms with Crippen molar-refractivity contribution in [3.8, 4) is 11.5 Å². The molecule has 0 amide bonds. The number of hydrogen-bond acceptors (Lipinski definition) is 2. The molecule has 0 spiro atoms. The second-order valence-corrected chi connectivity index (χ2v) is 2.92. The van der Waals surface area contributed by atoms with E-state index in [1.54, 1.807) is 14.2 Å². The van der Waals surface area contributed by atoms with Crippen LogP contribution in [0.4, 0.5) is 0 Å². The summed E-state index contributed by atoms with van der Waals surface area (Å²) >= 11 is 3.37. The molecule has 4 heteroatoms. The molecule has 0 radical (unpaired) electrons. The molecule has 0 bridgehead atoms. The Morgan fingerprint density at radius 3 is 1.85 bits per heavy atom. The summed E-state index contributed by atoms with van der Waals surface area (Å²) in [5.74, 6) is 1.65. The Kier molecular flexibility index (Phi) is 6.54. The van der Waals surface area contributed by atoms with Gasteiger partial charge in [0, 0.05) is 11.4 Å². The molecule has 0 aliphatic heterocycles. The summed E-state index contributed by atoms with van der Waals surface area (Å²) in [5.41, 5.74) is 1.14. The fraction of sp³-hybridized carbons (Fsp3) is 0.333. The largest absolute Gasteiger partial charge is 0.497 e. The molecule has 1 rings (SSSR count). The van der Waals surface area contributed by atoms with Crippen molar-refractivity contribution >= 4 is 39.0 Å². The summed E-state index contributed by atoms with van der Waals surface area (Å²) in [6.07, 6.45) is 0. The second-order valence-electron chi connectivity index (χ2n) is 2.35. The van der Waals surface area contributed by atoms with E-state index in [0.29, 0.717) is 0 Å². The van der Waals surface area contributed by atoms with Crippen LogP contribution in [0.3, 0.4) is 0 Å². The third-order valence-corrected chi connectivity index (χ3v) is 2.21. The third kappa shape index (κ3) is 3.75. The molecule has 1 aromatic rings. The summed E-state index contributed by atoms with van der Waals surface area (Å²) in [4.78, 5) is 0. The van der Waals surface area contributed by atoms with Crippen LogP contribution >= 0.6 is 15.9 Å². The van der Waals surface area contributed by atoms with Crippen molar-refractivity contribution in [3.63, 3.8) is 0 Å². The Hall–Kier alpha value is 0.0662. The molecular formula is C9H13BrMgO2. The van der Waals surface area contributed by atoms with Crippen LogP contribution in [0.25, 0.3) is 0 Å². The predicted octanol–water partition coefficient (Wildman–Crippen LogP) is 1.68. The molecular weight excluding hydrogens is 244 g/mol. The smallest absolute Gasteiger partial charge is 0.316 e. The van der Waals surface area contributed by atoms with Gasteiger partial charge in [-0.3, -0.25) is 0 Å². The van der Waals surface area contributed by atoms with Crippen LogP contribution < -0.4 is 9.47 Å². The molecule has 0 aliphatic carbocycles. The van der Waals surface area contributed by atoms with Gasteiger partial charge in [-0.2, -0.15) is 0 Å². The highest BCUT2D eigenvalue weighted by Crippen LogP contribution is 2.23. The highest BCUT2D eigenvalue weighted by Gasteiger charge is 1.99. The first-order valence-corrected chi connectivity index (χ1v) is 4.70. The highest BCUT2D eigenvalue weighted by molar-refractivity contribution is 9.08. The first kappa shape index (κ1) is 13.1. The monoisotopic (exact) mass is 256 g/mol. The van der Waals surface area contributed by atoms with Crippen molar-refractivity contribution in [2.45, 2.75) is 5.33 Å². The van der Waals surface area contributed by atoms with Gasteiger partial charge >= 0.3 is 23.1 Å². The van der Waals surface area contributed by atoms with Crippen LogP contribution in [-0.4, -0.2) is 37.3 Å². The number of methoxy groups -OCH3 is 2. The highest BCUT2D eigenvalue weighted by atomic mass is 79.9. The Labute approximate surface area is 103 Å². The van der Waals surface area contributed by atoms with Gasteiger partial charge in [0.25, 0.3) is 0 Å². The van der Waals surface area contributed by atoms with Crippen molar-refractivity contribution in [1.82, 2.24) is 0 Å². The molecule has 0 unspecified atom stereocenters. The van der Waals surface area contributed by atoms with E-state index in [2.05, 4.69) is 15.9 Å². The maximum atomic E-state index is 5.10. The zero-order valence-corrected chi connectivity index (χ0v) is 8.72. The molecule has 2 nitrogen and oxygen atoms in total. The van der Waals surface area contributed by atoms with Gasteiger partial charge in [-0.1, -0.05) is 15.9 Å². The first-order chi connectivity index (χ1) is 5.80.